The van der Waals surface area contributed by atoms with Crippen LogP contribution in [0.2, 0.25) is 0 Å². The fraction of sp³-hybridized carbons (Fsp3) is 0.650. The Morgan fingerprint density at radius 3 is 2.25 bits per heavy atom. The van der Waals surface area contributed by atoms with Crippen LogP contribution < -0.4 is 15.5 Å². The average Bonchev–Trinajstić information content (AvgIpc) is 2.74. The molecule has 0 saturated carbocycles. The molecule has 1 aromatic rings. The van der Waals surface area contributed by atoms with Crippen molar-refractivity contribution in [2.75, 3.05) is 77.1 Å². The van der Waals surface area contributed by atoms with E-state index in [1.165, 1.54) is 11.3 Å². The predicted octanol–water partition coefficient (Wildman–Crippen LogP) is 1.53. The maximum atomic E-state index is 5.42. The van der Waals surface area contributed by atoms with E-state index in [-0.39, 0.29) is 24.0 Å². The molecule has 0 radical (unpaired) electrons. The van der Waals surface area contributed by atoms with Crippen molar-refractivity contribution in [2.45, 2.75) is 13.5 Å². The van der Waals surface area contributed by atoms with Crippen molar-refractivity contribution in [3.8, 4) is 0 Å². The zero-order valence-corrected chi connectivity index (χ0v) is 19.2. The van der Waals surface area contributed by atoms with Gasteiger partial charge in [-0.2, -0.15) is 0 Å². The van der Waals surface area contributed by atoms with Gasteiger partial charge < -0.3 is 25.0 Å². The first-order valence-corrected chi connectivity index (χ1v) is 10.1. The summed E-state index contributed by atoms with van der Waals surface area (Å²) < 4.78 is 10.8. The quantitative estimate of drug-likeness (QED) is 0.335. The van der Waals surface area contributed by atoms with Crippen molar-refractivity contribution in [1.82, 2.24) is 15.5 Å². The molecule has 2 heterocycles. The molecule has 158 valence electrons. The van der Waals surface area contributed by atoms with E-state index in [0.717, 1.165) is 78.2 Å². The van der Waals surface area contributed by atoms with Crippen LogP contribution in [-0.4, -0.2) is 83.1 Å². The summed E-state index contributed by atoms with van der Waals surface area (Å²) in [6.07, 6.45) is 0. The molecule has 3 rings (SSSR count). The Bertz CT molecular complexity index is 572. The number of halogens is 1. The summed E-state index contributed by atoms with van der Waals surface area (Å²) in [4.78, 5) is 9.52. The third-order valence-corrected chi connectivity index (χ3v) is 4.90. The summed E-state index contributed by atoms with van der Waals surface area (Å²) in [5, 5.41) is 6.76. The zero-order valence-electron chi connectivity index (χ0n) is 16.9. The Kier molecular flexibility index (Phi) is 10.9. The molecule has 0 aliphatic carbocycles. The van der Waals surface area contributed by atoms with Gasteiger partial charge in [-0.3, -0.25) is 4.90 Å². The van der Waals surface area contributed by atoms with Gasteiger partial charge in [0, 0.05) is 51.5 Å². The molecule has 2 aliphatic rings. The van der Waals surface area contributed by atoms with Crippen molar-refractivity contribution in [2.24, 2.45) is 4.99 Å². The number of nitrogens with one attached hydrogen (secondary N) is 2. The summed E-state index contributed by atoms with van der Waals surface area (Å²) in [5.41, 5.74) is 2.49. The monoisotopic (exact) mass is 503 g/mol. The van der Waals surface area contributed by atoms with Crippen molar-refractivity contribution >= 4 is 35.6 Å². The van der Waals surface area contributed by atoms with Gasteiger partial charge in [-0.05, 0) is 24.6 Å². The summed E-state index contributed by atoms with van der Waals surface area (Å²) >= 11 is 0. The zero-order chi connectivity index (χ0) is 18.7. The summed E-state index contributed by atoms with van der Waals surface area (Å²) in [5.74, 6) is 0.878. The highest BCUT2D eigenvalue weighted by atomic mass is 127. The molecule has 1 aromatic carbocycles. The van der Waals surface area contributed by atoms with E-state index >= 15 is 0 Å². The second kappa shape index (κ2) is 13.2. The van der Waals surface area contributed by atoms with E-state index in [1.807, 2.05) is 0 Å². The maximum absolute atomic E-state index is 5.42. The summed E-state index contributed by atoms with van der Waals surface area (Å²) in [6, 6.07) is 8.72. The van der Waals surface area contributed by atoms with Crippen LogP contribution in [0.4, 0.5) is 5.69 Å². The lowest BCUT2D eigenvalue weighted by Gasteiger charge is -2.28. The average molecular weight is 503 g/mol. The van der Waals surface area contributed by atoms with Gasteiger partial charge in [-0.15, -0.1) is 24.0 Å². The van der Waals surface area contributed by atoms with Gasteiger partial charge in [0.25, 0.3) is 0 Å². The lowest BCUT2D eigenvalue weighted by Crippen LogP contribution is -2.44. The van der Waals surface area contributed by atoms with Crippen LogP contribution in [0.1, 0.15) is 12.5 Å². The number of morpholine rings is 2. The number of anilines is 1. The molecule has 0 spiro atoms. The number of guanidine groups is 1. The van der Waals surface area contributed by atoms with Crippen molar-refractivity contribution < 1.29 is 9.47 Å². The second-order valence-corrected chi connectivity index (χ2v) is 6.84. The Morgan fingerprint density at radius 2 is 1.61 bits per heavy atom. The molecule has 2 saturated heterocycles. The van der Waals surface area contributed by atoms with E-state index < -0.39 is 0 Å². The highest BCUT2D eigenvalue weighted by molar-refractivity contribution is 14.0. The Labute approximate surface area is 185 Å². The lowest BCUT2D eigenvalue weighted by molar-refractivity contribution is 0.0389. The number of hydrogen-bond donors (Lipinski definition) is 2. The predicted molar refractivity (Wildman–Crippen MR) is 125 cm³/mol. The van der Waals surface area contributed by atoms with Gasteiger partial charge in [0.1, 0.15) is 0 Å². The number of benzene rings is 1. The molecule has 2 fully saturated rings. The minimum Gasteiger partial charge on any atom is -0.379 e. The minimum atomic E-state index is 0. The molecule has 2 N–H and O–H groups in total. The molecule has 0 unspecified atom stereocenters. The molecule has 2 aliphatic heterocycles. The SMILES string of the molecule is CCNC(=NCc1ccc(N2CCOCC2)cc1)NCCN1CCOCC1.I. The number of rotatable bonds is 7. The summed E-state index contributed by atoms with van der Waals surface area (Å²) in [7, 11) is 0. The fourth-order valence-corrected chi connectivity index (χ4v) is 3.30. The van der Waals surface area contributed by atoms with E-state index in [9.17, 15) is 0 Å². The van der Waals surface area contributed by atoms with Crippen LogP contribution in [0.5, 0.6) is 0 Å². The smallest absolute Gasteiger partial charge is 0.191 e. The Morgan fingerprint density at radius 1 is 0.964 bits per heavy atom. The molecule has 28 heavy (non-hydrogen) atoms. The highest BCUT2D eigenvalue weighted by Gasteiger charge is 2.11. The fourth-order valence-electron chi connectivity index (χ4n) is 3.30. The minimum absolute atomic E-state index is 0. The summed E-state index contributed by atoms with van der Waals surface area (Å²) in [6.45, 7) is 12.8. The maximum Gasteiger partial charge on any atom is 0.191 e. The van der Waals surface area contributed by atoms with Gasteiger partial charge >= 0.3 is 0 Å². The van der Waals surface area contributed by atoms with Gasteiger partial charge in [0.2, 0.25) is 0 Å². The highest BCUT2D eigenvalue weighted by Crippen LogP contribution is 2.17. The van der Waals surface area contributed by atoms with Crippen LogP contribution >= 0.6 is 24.0 Å². The van der Waals surface area contributed by atoms with Crippen molar-refractivity contribution in [3.63, 3.8) is 0 Å². The molecule has 0 aromatic heterocycles. The first kappa shape index (κ1) is 23.2. The van der Waals surface area contributed by atoms with Crippen molar-refractivity contribution in [3.05, 3.63) is 29.8 Å². The van der Waals surface area contributed by atoms with E-state index in [2.05, 4.69) is 51.6 Å². The van der Waals surface area contributed by atoms with E-state index in [4.69, 9.17) is 14.5 Å². The van der Waals surface area contributed by atoms with Crippen LogP contribution in [0.3, 0.4) is 0 Å². The van der Waals surface area contributed by atoms with Crippen LogP contribution in [0.15, 0.2) is 29.3 Å². The molecular formula is C20H34IN5O2. The Balaban J connectivity index is 0.00000280. The normalized spacial score (nSPS) is 18.5. The van der Waals surface area contributed by atoms with Gasteiger partial charge in [0.05, 0.1) is 33.0 Å². The lowest BCUT2D eigenvalue weighted by atomic mass is 10.2. The van der Waals surface area contributed by atoms with Gasteiger partial charge in [-0.1, -0.05) is 12.1 Å². The van der Waals surface area contributed by atoms with Gasteiger partial charge in [-0.25, -0.2) is 4.99 Å². The third kappa shape index (κ3) is 7.73. The van der Waals surface area contributed by atoms with Crippen LogP contribution in [0.25, 0.3) is 0 Å². The van der Waals surface area contributed by atoms with E-state index in [1.54, 1.807) is 0 Å². The number of aliphatic imine (C=N–C) groups is 1. The van der Waals surface area contributed by atoms with Gasteiger partial charge in [0.15, 0.2) is 5.96 Å². The largest absolute Gasteiger partial charge is 0.379 e. The van der Waals surface area contributed by atoms with Crippen molar-refractivity contribution in [1.29, 1.82) is 0 Å². The van der Waals surface area contributed by atoms with Crippen LogP contribution in [-0.2, 0) is 16.0 Å². The molecule has 7 nitrogen and oxygen atoms in total. The van der Waals surface area contributed by atoms with E-state index in [0.29, 0.717) is 6.54 Å². The molecule has 0 bridgehead atoms. The molecule has 8 heteroatoms. The first-order chi connectivity index (χ1) is 13.3. The molecule has 0 amide bonds. The standard InChI is InChI=1S/C20H33N5O2.HI/c1-2-21-20(22-7-8-24-9-13-26-14-10-24)23-17-18-3-5-19(6-4-18)25-11-15-27-16-12-25;/h3-6H,2,7-17H2,1H3,(H2,21,22,23);1H. The topological polar surface area (TPSA) is 61.4 Å². The number of hydrogen-bond acceptors (Lipinski definition) is 5. The first-order valence-electron chi connectivity index (χ1n) is 10.1. The van der Waals surface area contributed by atoms with Crippen LogP contribution in [0, 0.1) is 0 Å². The second-order valence-electron chi connectivity index (χ2n) is 6.84. The number of ether oxygens (including phenoxy) is 2. The Hall–Kier alpha value is -1.10. The molecular weight excluding hydrogens is 469 g/mol. The molecule has 0 atom stereocenters. The third-order valence-electron chi connectivity index (χ3n) is 4.90. The number of nitrogens with zero attached hydrogens (tertiary/aromatic N) is 3.